The van der Waals surface area contributed by atoms with Gasteiger partial charge in [0.25, 0.3) is 5.91 Å². The quantitative estimate of drug-likeness (QED) is 0.477. The lowest BCUT2D eigenvalue weighted by Crippen LogP contribution is -2.23. The number of nitrogens with zero attached hydrogens (tertiary/aromatic N) is 3. The Kier molecular flexibility index (Phi) is 5.23. The van der Waals surface area contributed by atoms with Crippen LogP contribution in [-0.4, -0.2) is 28.7 Å². The van der Waals surface area contributed by atoms with E-state index in [9.17, 15) is 17.6 Å². The average Bonchev–Trinajstić information content (AvgIpc) is 3.20. The van der Waals surface area contributed by atoms with Crippen molar-refractivity contribution in [2.24, 2.45) is 0 Å². The molecule has 0 bridgehead atoms. The molecular formula is C20H14ClFN4O3S. The van der Waals surface area contributed by atoms with Crippen LogP contribution in [0.2, 0.25) is 5.02 Å². The van der Waals surface area contributed by atoms with Crippen molar-refractivity contribution in [1.29, 1.82) is 0 Å². The Labute approximate surface area is 176 Å². The summed E-state index contributed by atoms with van der Waals surface area (Å²) in [6, 6.07) is 9.12. The second-order valence-corrected chi connectivity index (χ2v) is 8.71. The molecule has 0 radical (unpaired) electrons. The van der Waals surface area contributed by atoms with Crippen molar-refractivity contribution in [2.75, 3.05) is 0 Å². The van der Waals surface area contributed by atoms with E-state index in [1.165, 1.54) is 18.3 Å². The molecule has 2 aromatic heterocycles. The first-order chi connectivity index (χ1) is 14.3. The number of benzene rings is 2. The topological polar surface area (TPSA) is 93.4 Å². The minimum atomic E-state index is -3.90. The van der Waals surface area contributed by atoms with E-state index >= 15 is 0 Å². The Hall–Kier alpha value is -3.30. The van der Waals surface area contributed by atoms with Crippen molar-refractivity contribution in [2.45, 2.75) is 16.3 Å². The number of sulfone groups is 1. The highest BCUT2D eigenvalue weighted by molar-refractivity contribution is 7.91. The zero-order valence-corrected chi connectivity index (χ0v) is 16.9. The predicted molar refractivity (Wildman–Crippen MR) is 107 cm³/mol. The normalized spacial score (nSPS) is 11.5. The van der Waals surface area contributed by atoms with Gasteiger partial charge in [0.1, 0.15) is 5.82 Å². The van der Waals surface area contributed by atoms with Crippen LogP contribution in [0.4, 0.5) is 4.39 Å². The highest BCUT2D eigenvalue weighted by Crippen LogP contribution is 2.28. The Balaban J connectivity index is 1.47. The third-order valence-corrected chi connectivity index (χ3v) is 6.63. The third kappa shape index (κ3) is 3.89. The van der Waals surface area contributed by atoms with Gasteiger partial charge in [-0.05, 0) is 35.9 Å². The number of halogens is 2. The van der Waals surface area contributed by atoms with Crippen LogP contribution < -0.4 is 5.32 Å². The maximum absolute atomic E-state index is 13.2. The van der Waals surface area contributed by atoms with Gasteiger partial charge in [-0.25, -0.2) is 22.8 Å². The number of carbonyl (C=O) groups is 1. The molecule has 152 valence electrons. The summed E-state index contributed by atoms with van der Waals surface area (Å²) in [7, 11) is -3.90. The number of imidazole rings is 1. The van der Waals surface area contributed by atoms with Crippen LogP contribution in [0, 0.1) is 5.82 Å². The van der Waals surface area contributed by atoms with E-state index in [1.807, 2.05) is 0 Å². The standard InChI is InChI=1S/C20H14ClFN4O3S/c21-17-9-15(22)3-6-18(17)30(28,29)16-4-1-13(2-5-16)10-24-19(27)14-11-25-20-23-7-8-26(20)12-14/h1-9,11-12H,10H2,(H,24,27). The van der Waals surface area contributed by atoms with E-state index in [2.05, 4.69) is 15.3 Å². The minimum Gasteiger partial charge on any atom is -0.348 e. The Morgan fingerprint density at radius 2 is 1.90 bits per heavy atom. The molecule has 0 atom stereocenters. The lowest BCUT2D eigenvalue weighted by Gasteiger charge is -2.09. The molecule has 0 saturated heterocycles. The van der Waals surface area contributed by atoms with E-state index in [4.69, 9.17) is 11.6 Å². The van der Waals surface area contributed by atoms with Gasteiger partial charge in [0.2, 0.25) is 15.6 Å². The Bertz CT molecular complexity index is 1350. The van der Waals surface area contributed by atoms with Crippen LogP contribution in [0.3, 0.4) is 0 Å². The van der Waals surface area contributed by atoms with Crippen LogP contribution >= 0.6 is 11.6 Å². The molecule has 0 aliphatic heterocycles. The van der Waals surface area contributed by atoms with Crippen molar-refractivity contribution < 1.29 is 17.6 Å². The first-order valence-corrected chi connectivity index (χ1v) is 10.6. The number of carbonyl (C=O) groups excluding carboxylic acids is 1. The van der Waals surface area contributed by atoms with Gasteiger partial charge in [0, 0.05) is 31.3 Å². The van der Waals surface area contributed by atoms with E-state index in [1.54, 1.807) is 35.1 Å². The molecule has 30 heavy (non-hydrogen) atoms. The van der Waals surface area contributed by atoms with Gasteiger partial charge < -0.3 is 5.32 Å². The molecule has 4 aromatic rings. The maximum atomic E-state index is 13.2. The Morgan fingerprint density at radius 1 is 1.13 bits per heavy atom. The van der Waals surface area contributed by atoms with Crippen molar-refractivity contribution in [3.05, 3.63) is 89.2 Å². The largest absolute Gasteiger partial charge is 0.348 e. The van der Waals surface area contributed by atoms with Gasteiger partial charge in [0.05, 0.1) is 20.4 Å². The van der Waals surface area contributed by atoms with Gasteiger partial charge in [-0.3, -0.25) is 9.20 Å². The number of fused-ring (bicyclic) bond motifs is 1. The van der Waals surface area contributed by atoms with E-state index in [0.717, 1.165) is 18.2 Å². The van der Waals surface area contributed by atoms with Gasteiger partial charge in [-0.15, -0.1) is 0 Å². The van der Waals surface area contributed by atoms with Gasteiger partial charge in [-0.1, -0.05) is 23.7 Å². The van der Waals surface area contributed by atoms with Crippen molar-refractivity contribution >= 4 is 33.1 Å². The molecule has 1 N–H and O–H groups in total. The number of nitrogens with one attached hydrogen (secondary N) is 1. The first-order valence-electron chi connectivity index (χ1n) is 8.70. The molecule has 7 nitrogen and oxygen atoms in total. The molecular weight excluding hydrogens is 431 g/mol. The third-order valence-electron chi connectivity index (χ3n) is 4.38. The van der Waals surface area contributed by atoms with E-state index < -0.39 is 15.7 Å². The van der Waals surface area contributed by atoms with Crippen molar-refractivity contribution in [1.82, 2.24) is 19.7 Å². The van der Waals surface area contributed by atoms with Crippen LogP contribution in [0.15, 0.2) is 77.0 Å². The maximum Gasteiger partial charge on any atom is 0.254 e. The van der Waals surface area contributed by atoms with Gasteiger partial charge in [0.15, 0.2) is 0 Å². The van der Waals surface area contributed by atoms with Gasteiger partial charge in [-0.2, -0.15) is 0 Å². The molecule has 2 aromatic carbocycles. The molecule has 0 saturated carbocycles. The summed E-state index contributed by atoms with van der Waals surface area (Å²) >= 11 is 5.89. The summed E-state index contributed by atoms with van der Waals surface area (Å²) < 4.78 is 40.3. The monoisotopic (exact) mass is 444 g/mol. The van der Waals surface area contributed by atoms with Crippen LogP contribution in [0.25, 0.3) is 5.78 Å². The second kappa shape index (κ2) is 7.85. The summed E-state index contributed by atoms with van der Waals surface area (Å²) in [5.74, 6) is -0.454. The molecule has 0 spiro atoms. The molecule has 0 aliphatic carbocycles. The average molecular weight is 445 g/mol. The molecule has 4 rings (SSSR count). The fourth-order valence-corrected chi connectivity index (χ4v) is 4.61. The number of amides is 1. The lowest BCUT2D eigenvalue weighted by atomic mass is 10.2. The lowest BCUT2D eigenvalue weighted by molar-refractivity contribution is 0.0950. The molecule has 0 aliphatic rings. The summed E-state index contributed by atoms with van der Waals surface area (Å²) in [5.41, 5.74) is 1.06. The predicted octanol–water partition coefficient (Wildman–Crippen LogP) is 3.28. The summed E-state index contributed by atoms with van der Waals surface area (Å²) in [5, 5.41) is 2.57. The van der Waals surface area contributed by atoms with E-state index in [0.29, 0.717) is 16.9 Å². The van der Waals surface area contributed by atoms with Crippen LogP contribution in [0.1, 0.15) is 15.9 Å². The highest BCUT2D eigenvalue weighted by Gasteiger charge is 2.21. The molecule has 1 amide bonds. The SMILES string of the molecule is O=C(NCc1ccc(S(=O)(=O)c2ccc(F)cc2Cl)cc1)c1cnc2nccn2c1. The molecule has 10 heteroatoms. The van der Waals surface area contributed by atoms with Crippen molar-refractivity contribution in [3.8, 4) is 0 Å². The van der Waals surface area contributed by atoms with Crippen LogP contribution in [-0.2, 0) is 16.4 Å². The fraction of sp³-hybridized carbons (Fsp3) is 0.0500. The summed E-state index contributed by atoms with van der Waals surface area (Å²) in [4.78, 5) is 20.3. The summed E-state index contributed by atoms with van der Waals surface area (Å²) in [6.07, 6.45) is 6.32. The zero-order chi connectivity index (χ0) is 21.3. The fourth-order valence-electron chi connectivity index (χ4n) is 2.82. The Morgan fingerprint density at radius 3 is 2.63 bits per heavy atom. The van der Waals surface area contributed by atoms with Crippen molar-refractivity contribution in [3.63, 3.8) is 0 Å². The minimum absolute atomic E-state index is 0.0147. The second-order valence-electron chi connectivity index (χ2n) is 6.38. The first kappa shape index (κ1) is 20.0. The van der Waals surface area contributed by atoms with Gasteiger partial charge >= 0.3 is 0 Å². The smallest absolute Gasteiger partial charge is 0.254 e. The molecule has 0 unspecified atom stereocenters. The van der Waals surface area contributed by atoms with E-state index in [-0.39, 0.29) is 27.3 Å². The molecule has 0 fully saturated rings. The highest BCUT2D eigenvalue weighted by atomic mass is 35.5. The number of rotatable bonds is 5. The molecule has 2 heterocycles. The number of aromatic nitrogens is 3. The summed E-state index contributed by atoms with van der Waals surface area (Å²) in [6.45, 7) is 0.193. The number of hydrogen-bond donors (Lipinski definition) is 1. The number of hydrogen-bond acceptors (Lipinski definition) is 5. The van der Waals surface area contributed by atoms with Crippen LogP contribution in [0.5, 0.6) is 0 Å². The zero-order valence-electron chi connectivity index (χ0n) is 15.3.